The average molecular weight is 256 g/mol. The zero-order valence-electron chi connectivity index (χ0n) is 11.7. The maximum Gasteiger partial charge on any atom is 0.238 e. The molecule has 2 rings (SSSR count). The lowest BCUT2D eigenvalue weighted by atomic mass is 10.0. The minimum atomic E-state index is -0.172. The van der Waals surface area contributed by atoms with Crippen molar-refractivity contribution < 1.29 is 4.79 Å². The monoisotopic (exact) mass is 256 g/mol. The van der Waals surface area contributed by atoms with Gasteiger partial charge in [-0.25, -0.2) is 0 Å². The van der Waals surface area contributed by atoms with Crippen LogP contribution in [0.4, 0.5) is 0 Å². The summed E-state index contributed by atoms with van der Waals surface area (Å²) in [7, 11) is 3.55. The Kier molecular flexibility index (Phi) is 4.17. The molecule has 2 aromatic rings. The summed E-state index contributed by atoms with van der Waals surface area (Å²) in [5.41, 5.74) is 1.22. The predicted octanol–water partition coefficient (Wildman–Crippen LogP) is 2.41. The molecule has 3 heteroatoms. The zero-order chi connectivity index (χ0) is 13.8. The van der Waals surface area contributed by atoms with Gasteiger partial charge in [0.1, 0.15) is 0 Å². The molecule has 2 aromatic carbocycles. The first-order valence-corrected chi connectivity index (χ1v) is 6.51. The molecule has 0 fully saturated rings. The van der Waals surface area contributed by atoms with E-state index in [4.69, 9.17) is 0 Å². The number of likely N-dealkylation sites (N-methyl/N-ethyl adjacent to an activating group) is 1. The third-order valence-electron chi connectivity index (χ3n) is 3.29. The van der Waals surface area contributed by atoms with Gasteiger partial charge in [-0.15, -0.1) is 0 Å². The van der Waals surface area contributed by atoms with Crippen molar-refractivity contribution >= 4 is 16.7 Å². The third-order valence-corrected chi connectivity index (χ3v) is 3.29. The number of benzene rings is 2. The van der Waals surface area contributed by atoms with Crippen LogP contribution in [0.25, 0.3) is 10.8 Å². The van der Waals surface area contributed by atoms with Crippen LogP contribution in [0.1, 0.15) is 12.5 Å². The van der Waals surface area contributed by atoms with Gasteiger partial charge in [-0.2, -0.15) is 0 Å². The number of carbonyl (C=O) groups excluding carboxylic acids is 1. The fourth-order valence-electron chi connectivity index (χ4n) is 2.18. The van der Waals surface area contributed by atoms with E-state index in [0.717, 1.165) is 0 Å². The van der Waals surface area contributed by atoms with Crippen LogP contribution in [0.3, 0.4) is 0 Å². The molecular weight excluding hydrogens is 236 g/mol. The molecule has 0 saturated carbocycles. The summed E-state index contributed by atoms with van der Waals surface area (Å²) < 4.78 is 0. The van der Waals surface area contributed by atoms with E-state index in [0.29, 0.717) is 6.54 Å². The van der Waals surface area contributed by atoms with Crippen LogP contribution < -0.4 is 5.32 Å². The van der Waals surface area contributed by atoms with E-state index in [-0.39, 0.29) is 11.9 Å². The minimum Gasteiger partial charge on any atom is -0.347 e. The van der Waals surface area contributed by atoms with Gasteiger partial charge in [0.25, 0.3) is 0 Å². The summed E-state index contributed by atoms with van der Waals surface area (Å²) in [4.78, 5) is 13.4. The molecular formula is C16H20N2O. The lowest BCUT2D eigenvalue weighted by Gasteiger charge is -2.18. The summed E-state index contributed by atoms with van der Waals surface area (Å²) in [6.45, 7) is 2.59. The molecule has 3 nitrogen and oxygen atoms in total. The van der Waals surface area contributed by atoms with Gasteiger partial charge < -0.3 is 10.2 Å². The number of rotatable bonds is 4. The number of amides is 1. The molecule has 1 N–H and O–H groups in total. The molecule has 0 heterocycles. The van der Waals surface area contributed by atoms with Gasteiger partial charge in [0.15, 0.2) is 0 Å². The van der Waals surface area contributed by atoms with Crippen LogP contribution >= 0.6 is 0 Å². The number of fused-ring (bicyclic) bond motifs is 1. The molecule has 100 valence electrons. The van der Waals surface area contributed by atoms with Crippen molar-refractivity contribution in [3.63, 3.8) is 0 Å². The lowest BCUT2D eigenvalue weighted by Crippen LogP contribution is -2.41. The second-order valence-electron chi connectivity index (χ2n) is 4.97. The van der Waals surface area contributed by atoms with E-state index in [9.17, 15) is 4.79 Å². The maximum absolute atomic E-state index is 11.8. The van der Waals surface area contributed by atoms with E-state index < -0.39 is 0 Å². The second-order valence-corrected chi connectivity index (χ2v) is 4.97. The lowest BCUT2D eigenvalue weighted by molar-refractivity contribution is -0.130. The Morgan fingerprint density at radius 2 is 1.84 bits per heavy atom. The van der Waals surface area contributed by atoms with Crippen molar-refractivity contribution in [3.05, 3.63) is 48.0 Å². The molecule has 1 unspecified atom stereocenters. The fraction of sp³-hybridized carbons (Fsp3) is 0.312. The van der Waals surface area contributed by atoms with Crippen molar-refractivity contribution in [3.8, 4) is 0 Å². The van der Waals surface area contributed by atoms with E-state index >= 15 is 0 Å². The molecule has 0 aliphatic heterocycles. The smallest absolute Gasteiger partial charge is 0.238 e. The van der Waals surface area contributed by atoms with Crippen LogP contribution in [0, 0.1) is 0 Å². The average Bonchev–Trinajstić information content (AvgIpc) is 2.43. The Bertz CT molecular complexity index is 572. The Morgan fingerprint density at radius 3 is 2.58 bits per heavy atom. The van der Waals surface area contributed by atoms with E-state index in [2.05, 4.69) is 35.6 Å². The van der Waals surface area contributed by atoms with Gasteiger partial charge in [-0.1, -0.05) is 42.5 Å². The largest absolute Gasteiger partial charge is 0.347 e. The van der Waals surface area contributed by atoms with Crippen molar-refractivity contribution in [2.24, 2.45) is 0 Å². The number of hydrogen-bond acceptors (Lipinski definition) is 2. The quantitative estimate of drug-likeness (QED) is 0.911. The van der Waals surface area contributed by atoms with Gasteiger partial charge >= 0.3 is 0 Å². The Hall–Kier alpha value is -1.87. The highest BCUT2D eigenvalue weighted by Crippen LogP contribution is 2.18. The predicted molar refractivity (Wildman–Crippen MR) is 78.9 cm³/mol. The first-order chi connectivity index (χ1) is 9.09. The Morgan fingerprint density at radius 1 is 1.16 bits per heavy atom. The standard InChI is InChI=1S/C16H20N2O/c1-12(16(19)18(2)3)17-11-14-9-6-8-13-7-4-5-10-15(13)14/h4-10,12,17H,11H2,1-3H3. The molecule has 0 radical (unpaired) electrons. The second kappa shape index (κ2) is 5.85. The summed E-state index contributed by atoms with van der Waals surface area (Å²) >= 11 is 0. The Labute approximate surface area is 114 Å². The van der Waals surface area contributed by atoms with Crippen LogP contribution in [-0.2, 0) is 11.3 Å². The highest BCUT2D eigenvalue weighted by atomic mass is 16.2. The van der Waals surface area contributed by atoms with Crippen molar-refractivity contribution in [2.75, 3.05) is 14.1 Å². The van der Waals surface area contributed by atoms with Gasteiger partial charge in [0.2, 0.25) is 5.91 Å². The molecule has 1 amide bonds. The van der Waals surface area contributed by atoms with Gasteiger partial charge in [0, 0.05) is 20.6 Å². The normalized spacial score (nSPS) is 12.4. The minimum absolute atomic E-state index is 0.0974. The molecule has 0 aliphatic carbocycles. The highest BCUT2D eigenvalue weighted by molar-refractivity contribution is 5.85. The number of nitrogens with zero attached hydrogens (tertiary/aromatic N) is 1. The van der Waals surface area contributed by atoms with Gasteiger partial charge in [0.05, 0.1) is 6.04 Å². The number of nitrogens with one attached hydrogen (secondary N) is 1. The molecule has 0 spiro atoms. The highest BCUT2D eigenvalue weighted by Gasteiger charge is 2.14. The first kappa shape index (κ1) is 13.6. The molecule has 0 bridgehead atoms. The molecule has 19 heavy (non-hydrogen) atoms. The zero-order valence-corrected chi connectivity index (χ0v) is 11.7. The third kappa shape index (κ3) is 3.12. The number of hydrogen-bond donors (Lipinski definition) is 1. The van der Waals surface area contributed by atoms with Gasteiger partial charge in [-0.3, -0.25) is 4.79 Å². The molecule has 0 aromatic heterocycles. The van der Waals surface area contributed by atoms with E-state index in [1.54, 1.807) is 19.0 Å². The van der Waals surface area contributed by atoms with Crippen molar-refractivity contribution in [1.29, 1.82) is 0 Å². The number of carbonyl (C=O) groups is 1. The first-order valence-electron chi connectivity index (χ1n) is 6.51. The fourth-order valence-corrected chi connectivity index (χ4v) is 2.18. The molecule has 0 aliphatic rings. The SMILES string of the molecule is CC(NCc1cccc2ccccc12)C(=O)N(C)C. The molecule has 1 atom stereocenters. The maximum atomic E-state index is 11.8. The summed E-state index contributed by atoms with van der Waals surface area (Å²) in [6, 6.07) is 14.4. The summed E-state index contributed by atoms with van der Waals surface area (Å²) in [6.07, 6.45) is 0. The van der Waals surface area contributed by atoms with E-state index in [1.165, 1.54) is 16.3 Å². The van der Waals surface area contributed by atoms with Crippen LogP contribution in [0.2, 0.25) is 0 Å². The van der Waals surface area contributed by atoms with Crippen LogP contribution in [-0.4, -0.2) is 30.9 Å². The topological polar surface area (TPSA) is 32.3 Å². The van der Waals surface area contributed by atoms with E-state index in [1.807, 2.05) is 19.1 Å². The molecule has 0 saturated heterocycles. The Balaban J connectivity index is 2.12. The van der Waals surface area contributed by atoms with Crippen LogP contribution in [0.5, 0.6) is 0 Å². The summed E-state index contributed by atoms with van der Waals surface area (Å²) in [5.74, 6) is 0.0974. The van der Waals surface area contributed by atoms with Gasteiger partial charge in [-0.05, 0) is 23.3 Å². The van der Waals surface area contributed by atoms with Crippen LogP contribution in [0.15, 0.2) is 42.5 Å². The summed E-state index contributed by atoms with van der Waals surface area (Å²) in [5, 5.41) is 5.75. The van der Waals surface area contributed by atoms with Crippen molar-refractivity contribution in [2.45, 2.75) is 19.5 Å². The van der Waals surface area contributed by atoms with Crippen molar-refractivity contribution in [1.82, 2.24) is 10.2 Å².